The summed E-state index contributed by atoms with van der Waals surface area (Å²) in [6.07, 6.45) is 3.09. The molecule has 33 heavy (non-hydrogen) atoms. The van der Waals surface area contributed by atoms with Crippen LogP contribution in [0.2, 0.25) is 5.02 Å². The number of sulfone groups is 1. The van der Waals surface area contributed by atoms with Gasteiger partial charge in [0.15, 0.2) is 27.1 Å². The molecule has 0 fully saturated rings. The van der Waals surface area contributed by atoms with Crippen molar-refractivity contribution in [2.24, 2.45) is 0 Å². The van der Waals surface area contributed by atoms with E-state index < -0.39 is 9.84 Å². The highest BCUT2D eigenvalue weighted by atomic mass is 35.5. The normalized spacial score (nSPS) is 11.5. The van der Waals surface area contributed by atoms with Crippen LogP contribution < -0.4 is 9.47 Å². The van der Waals surface area contributed by atoms with Crippen LogP contribution >= 0.6 is 11.6 Å². The molecule has 10 nitrogen and oxygen atoms in total. The second-order valence-electron chi connectivity index (χ2n) is 6.96. The van der Waals surface area contributed by atoms with Gasteiger partial charge >= 0.3 is 0 Å². The average Bonchev–Trinajstić information content (AvgIpc) is 3.48. The number of rotatable bonds is 9. The molecular formula is C21H20ClN5O5S. The maximum atomic E-state index is 13.0. The molecule has 1 aromatic carbocycles. The van der Waals surface area contributed by atoms with Gasteiger partial charge in [-0.3, -0.25) is 4.57 Å². The van der Waals surface area contributed by atoms with Gasteiger partial charge in [0.1, 0.15) is 12.1 Å². The van der Waals surface area contributed by atoms with E-state index in [1.807, 2.05) is 0 Å². The maximum Gasteiger partial charge on any atom is 0.245 e. The third kappa shape index (κ3) is 4.99. The Morgan fingerprint density at radius 3 is 2.33 bits per heavy atom. The SMILES string of the molecule is COc1ncnc(OC)c1-n1c(CS(=O)(=O)CCc2ccc(Cl)cc2)nnc1-c1ccco1. The quantitative estimate of drug-likeness (QED) is 0.349. The first-order valence-corrected chi connectivity index (χ1v) is 12.0. The number of hydrogen-bond acceptors (Lipinski definition) is 9. The summed E-state index contributed by atoms with van der Waals surface area (Å²) in [7, 11) is -0.707. The molecule has 0 bridgehead atoms. The third-order valence-corrected chi connectivity index (χ3v) is 6.58. The summed E-state index contributed by atoms with van der Waals surface area (Å²) in [5, 5.41) is 8.90. The second-order valence-corrected chi connectivity index (χ2v) is 9.58. The fraction of sp³-hybridized carbons (Fsp3) is 0.238. The number of hydrogen-bond donors (Lipinski definition) is 0. The van der Waals surface area contributed by atoms with E-state index in [2.05, 4.69) is 20.2 Å². The van der Waals surface area contributed by atoms with Gasteiger partial charge in [0.2, 0.25) is 17.6 Å². The van der Waals surface area contributed by atoms with Gasteiger partial charge in [-0.15, -0.1) is 10.2 Å². The summed E-state index contributed by atoms with van der Waals surface area (Å²) in [4.78, 5) is 8.25. The molecule has 0 amide bonds. The van der Waals surface area contributed by atoms with Crippen molar-refractivity contribution in [1.82, 2.24) is 24.7 Å². The highest BCUT2D eigenvalue weighted by Gasteiger charge is 2.27. The average molecular weight is 490 g/mol. The fourth-order valence-electron chi connectivity index (χ4n) is 3.24. The van der Waals surface area contributed by atoms with Gasteiger partial charge in [-0.05, 0) is 36.2 Å². The molecule has 0 radical (unpaired) electrons. The van der Waals surface area contributed by atoms with Crippen LogP contribution in [0.3, 0.4) is 0 Å². The van der Waals surface area contributed by atoms with Crippen molar-refractivity contribution in [3.8, 4) is 29.0 Å². The zero-order valence-electron chi connectivity index (χ0n) is 17.8. The van der Waals surface area contributed by atoms with Gasteiger partial charge in [-0.25, -0.2) is 8.42 Å². The Labute approximate surface area is 195 Å². The Bertz CT molecular complexity index is 1320. The Kier molecular flexibility index (Phi) is 6.61. The fourth-order valence-corrected chi connectivity index (χ4v) is 4.64. The van der Waals surface area contributed by atoms with Crippen molar-refractivity contribution in [3.63, 3.8) is 0 Å². The van der Waals surface area contributed by atoms with E-state index in [9.17, 15) is 8.42 Å². The van der Waals surface area contributed by atoms with E-state index in [-0.39, 0.29) is 40.6 Å². The van der Waals surface area contributed by atoms with Crippen LogP contribution in [0, 0.1) is 0 Å². The molecule has 0 N–H and O–H groups in total. The van der Waals surface area contributed by atoms with Crippen molar-refractivity contribution >= 4 is 21.4 Å². The van der Waals surface area contributed by atoms with Gasteiger partial charge < -0.3 is 13.9 Å². The first-order chi connectivity index (χ1) is 15.9. The highest BCUT2D eigenvalue weighted by molar-refractivity contribution is 7.90. The molecule has 3 aromatic heterocycles. The predicted molar refractivity (Wildman–Crippen MR) is 120 cm³/mol. The molecule has 0 saturated carbocycles. The topological polar surface area (TPSA) is 122 Å². The molecule has 4 rings (SSSR count). The summed E-state index contributed by atoms with van der Waals surface area (Å²) in [6, 6.07) is 10.4. The molecule has 4 aromatic rings. The van der Waals surface area contributed by atoms with E-state index in [4.69, 9.17) is 25.5 Å². The van der Waals surface area contributed by atoms with Gasteiger partial charge in [-0.1, -0.05) is 23.7 Å². The largest absolute Gasteiger partial charge is 0.479 e. The number of aromatic nitrogens is 5. The lowest BCUT2D eigenvalue weighted by Crippen LogP contribution is -2.16. The number of methoxy groups -OCH3 is 2. The minimum Gasteiger partial charge on any atom is -0.479 e. The van der Waals surface area contributed by atoms with E-state index in [0.717, 1.165) is 5.56 Å². The zero-order chi connectivity index (χ0) is 23.4. The molecule has 0 aliphatic rings. The third-order valence-electron chi connectivity index (χ3n) is 4.80. The van der Waals surface area contributed by atoms with Gasteiger partial charge in [0.05, 0.1) is 26.2 Å². The first kappa shape index (κ1) is 22.7. The molecule has 0 atom stereocenters. The molecule has 0 saturated heterocycles. The number of nitrogens with zero attached hydrogens (tertiary/aromatic N) is 5. The Morgan fingerprint density at radius 1 is 1.03 bits per heavy atom. The Balaban J connectivity index is 1.73. The van der Waals surface area contributed by atoms with Crippen molar-refractivity contribution in [1.29, 1.82) is 0 Å². The van der Waals surface area contributed by atoms with Crippen LogP contribution in [0.1, 0.15) is 11.4 Å². The summed E-state index contributed by atoms with van der Waals surface area (Å²) >= 11 is 5.90. The molecule has 0 aliphatic carbocycles. The van der Waals surface area contributed by atoms with Crippen LogP contribution in [-0.2, 0) is 22.0 Å². The molecular weight excluding hydrogens is 470 g/mol. The van der Waals surface area contributed by atoms with Crippen molar-refractivity contribution < 1.29 is 22.3 Å². The minimum atomic E-state index is -3.58. The molecule has 3 heterocycles. The van der Waals surface area contributed by atoms with Crippen LogP contribution in [0.15, 0.2) is 53.4 Å². The minimum absolute atomic E-state index is 0.0862. The van der Waals surface area contributed by atoms with Crippen molar-refractivity contribution in [2.45, 2.75) is 12.2 Å². The summed E-state index contributed by atoms with van der Waals surface area (Å²) in [6.45, 7) is 0. The molecule has 0 spiro atoms. The number of furan rings is 1. The number of aryl methyl sites for hydroxylation is 1. The van der Waals surface area contributed by atoms with Crippen LogP contribution in [-0.4, -0.2) is 53.1 Å². The Hall–Kier alpha value is -3.44. The molecule has 0 aliphatic heterocycles. The van der Waals surface area contributed by atoms with Gasteiger partial charge in [-0.2, -0.15) is 9.97 Å². The van der Waals surface area contributed by atoms with Gasteiger partial charge in [0.25, 0.3) is 0 Å². The van der Waals surface area contributed by atoms with Crippen LogP contribution in [0.25, 0.3) is 17.3 Å². The van der Waals surface area contributed by atoms with Crippen LogP contribution in [0.5, 0.6) is 11.8 Å². The van der Waals surface area contributed by atoms with Crippen molar-refractivity contribution in [2.75, 3.05) is 20.0 Å². The summed E-state index contributed by atoms with van der Waals surface area (Å²) in [5.74, 6) is 0.633. The lowest BCUT2D eigenvalue weighted by atomic mass is 10.2. The standard InChI is InChI=1S/C21H20ClN5O5S/c1-30-20-18(21(31-2)24-13-23-20)27-17(25-26-19(27)16-4-3-10-32-16)12-33(28,29)11-9-14-5-7-15(22)8-6-14/h3-8,10,13H,9,11-12H2,1-2H3. The van der Waals surface area contributed by atoms with Gasteiger partial charge in [0, 0.05) is 5.02 Å². The summed E-state index contributed by atoms with van der Waals surface area (Å²) in [5.41, 5.74) is 1.13. The monoisotopic (exact) mass is 489 g/mol. The molecule has 172 valence electrons. The lowest BCUT2D eigenvalue weighted by Gasteiger charge is -2.15. The van der Waals surface area contributed by atoms with E-state index in [1.165, 1.54) is 31.4 Å². The molecule has 0 unspecified atom stereocenters. The number of ether oxygens (including phenoxy) is 2. The zero-order valence-corrected chi connectivity index (χ0v) is 19.4. The first-order valence-electron chi connectivity index (χ1n) is 9.78. The highest BCUT2D eigenvalue weighted by Crippen LogP contribution is 2.33. The van der Waals surface area contributed by atoms with E-state index >= 15 is 0 Å². The number of benzene rings is 1. The second kappa shape index (κ2) is 9.59. The predicted octanol–water partition coefficient (Wildman–Crippen LogP) is 3.15. The van der Waals surface area contributed by atoms with E-state index in [0.29, 0.717) is 17.2 Å². The summed E-state index contributed by atoms with van der Waals surface area (Å²) < 4.78 is 43.7. The smallest absolute Gasteiger partial charge is 0.245 e. The van der Waals surface area contributed by atoms with Crippen LogP contribution in [0.4, 0.5) is 0 Å². The maximum absolute atomic E-state index is 13.0. The van der Waals surface area contributed by atoms with Crippen molar-refractivity contribution in [3.05, 3.63) is 65.4 Å². The number of halogens is 1. The Morgan fingerprint density at radius 2 is 1.73 bits per heavy atom. The lowest BCUT2D eigenvalue weighted by molar-refractivity contribution is 0.368. The van der Waals surface area contributed by atoms with E-state index in [1.54, 1.807) is 36.4 Å². The molecule has 12 heteroatoms.